The molecule has 0 saturated heterocycles. The van der Waals surface area contributed by atoms with Gasteiger partial charge in [-0.05, 0) is 0 Å². The van der Waals surface area contributed by atoms with Gasteiger partial charge in [0.2, 0.25) is 0 Å². The second-order valence-corrected chi connectivity index (χ2v) is 3.08. The van der Waals surface area contributed by atoms with Crippen molar-refractivity contribution in [1.82, 2.24) is 15.2 Å². The Kier molecular flexibility index (Phi) is 3.79. The van der Waals surface area contributed by atoms with E-state index in [2.05, 4.69) is 36.0 Å². The Labute approximate surface area is 68.2 Å². The van der Waals surface area contributed by atoms with Crippen LogP contribution in [0.5, 0.6) is 0 Å². The van der Waals surface area contributed by atoms with Gasteiger partial charge in [-0.15, -0.1) is 0 Å². The van der Waals surface area contributed by atoms with E-state index in [1.54, 1.807) is 0 Å². The van der Waals surface area contributed by atoms with Crippen LogP contribution in [0.25, 0.3) is 0 Å². The number of nitrogens with zero attached hydrogens (tertiary/aromatic N) is 2. The molecule has 1 N–H and O–H groups in total. The molecule has 0 bridgehead atoms. The molecule has 0 fully saturated rings. The van der Waals surface area contributed by atoms with Gasteiger partial charge in [0.1, 0.15) is 12.2 Å². The fraction of sp³-hybridized carbons (Fsp3) is 0.750. The Morgan fingerprint density at radius 3 is 2.00 bits per heavy atom. The van der Waals surface area contributed by atoms with Crippen molar-refractivity contribution in [3.05, 3.63) is 12.2 Å². The number of rotatable bonds is 0. The second kappa shape index (κ2) is 4.11. The monoisotopic (exact) mass is 155 g/mol. The highest BCUT2D eigenvalue weighted by Crippen LogP contribution is 2.15. The highest BCUT2D eigenvalue weighted by Gasteiger charge is 2.15. The van der Waals surface area contributed by atoms with Crippen LogP contribution in [0.15, 0.2) is 6.33 Å². The molecule has 0 aliphatic rings. The van der Waals surface area contributed by atoms with Crippen LogP contribution < -0.4 is 0 Å². The van der Waals surface area contributed by atoms with Crippen molar-refractivity contribution in [2.75, 3.05) is 0 Å². The number of hydrogen-bond acceptors (Lipinski definition) is 2. The topological polar surface area (TPSA) is 41.6 Å². The fourth-order valence-electron chi connectivity index (χ4n) is 0.567. The van der Waals surface area contributed by atoms with E-state index in [-0.39, 0.29) is 5.41 Å². The first-order chi connectivity index (χ1) is 5.11. The first kappa shape index (κ1) is 10.1. The Morgan fingerprint density at radius 1 is 1.27 bits per heavy atom. The van der Waals surface area contributed by atoms with Gasteiger partial charge in [0.15, 0.2) is 0 Å². The van der Waals surface area contributed by atoms with Gasteiger partial charge in [-0.3, -0.25) is 5.10 Å². The van der Waals surface area contributed by atoms with Crippen molar-refractivity contribution in [3.8, 4) is 0 Å². The summed E-state index contributed by atoms with van der Waals surface area (Å²) in [5, 5.41) is 6.57. The maximum atomic E-state index is 4.02. The predicted molar refractivity (Wildman–Crippen MR) is 46.4 cm³/mol. The Balaban J connectivity index is 0.000000461. The average molecular weight is 155 g/mol. The SMILES string of the molecule is CC.CC(C)(C)c1ncn[nH]1. The lowest BCUT2D eigenvalue weighted by atomic mass is 9.96. The Hall–Kier alpha value is -0.860. The summed E-state index contributed by atoms with van der Waals surface area (Å²) >= 11 is 0. The molecule has 0 spiro atoms. The van der Waals surface area contributed by atoms with Crippen molar-refractivity contribution in [3.63, 3.8) is 0 Å². The van der Waals surface area contributed by atoms with Crippen molar-refractivity contribution in [2.24, 2.45) is 0 Å². The largest absolute Gasteiger partial charge is 0.263 e. The molecule has 0 amide bonds. The zero-order valence-corrected chi connectivity index (χ0v) is 7.97. The summed E-state index contributed by atoms with van der Waals surface area (Å²) in [6.07, 6.45) is 1.53. The van der Waals surface area contributed by atoms with Crippen molar-refractivity contribution in [1.29, 1.82) is 0 Å². The summed E-state index contributed by atoms with van der Waals surface area (Å²) in [5.41, 5.74) is 0.0938. The molecule has 3 nitrogen and oxygen atoms in total. The zero-order valence-electron chi connectivity index (χ0n) is 7.97. The quantitative estimate of drug-likeness (QED) is 0.623. The van der Waals surface area contributed by atoms with Gasteiger partial charge in [0, 0.05) is 5.41 Å². The van der Waals surface area contributed by atoms with E-state index in [1.807, 2.05) is 13.8 Å². The lowest BCUT2D eigenvalue weighted by Crippen LogP contribution is -2.13. The van der Waals surface area contributed by atoms with Gasteiger partial charge < -0.3 is 0 Å². The van der Waals surface area contributed by atoms with E-state index < -0.39 is 0 Å². The molecule has 1 heterocycles. The predicted octanol–water partition coefficient (Wildman–Crippen LogP) is 2.13. The molecule has 0 aliphatic carbocycles. The van der Waals surface area contributed by atoms with E-state index in [9.17, 15) is 0 Å². The van der Waals surface area contributed by atoms with Gasteiger partial charge in [-0.2, -0.15) is 5.10 Å². The average Bonchev–Trinajstić information content (AvgIpc) is 2.40. The number of aromatic nitrogens is 3. The first-order valence-electron chi connectivity index (χ1n) is 3.96. The second-order valence-electron chi connectivity index (χ2n) is 3.08. The van der Waals surface area contributed by atoms with Crippen LogP contribution in [0.1, 0.15) is 40.4 Å². The van der Waals surface area contributed by atoms with E-state index in [4.69, 9.17) is 0 Å². The van der Waals surface area contributed by atoms with Gasteiger partial charge >= 0.3 is 0 Å². The molecule has 0 aromatic carbocycles. The molecular formula is C8H17N3. The third kappa shape index (κ3) is 3.16. The summed E-state index contributed by atoms with van der Waals surface area (Å²) in [6.45, 7) is 10.3. The van der Waals surface area contributed by atoms with Crippen LogP contribution in [0.3, 0.4) is 0 Å². The number of aromatic amines is 1. The molecule has 1 aromatic rings. The molecule has 64 valence electrons. The van der Waals surface area contributed by atoms with Crippen LogP contribution in [0.2, 0.25) is 0 Å². The summed E-state index contributed by atoms with van der Waals surface area (Å²) in [6, 6.07) is 0. The van der Waals surface area contributed by atoms with Crippen molar-refractivity contribution >= 4 is 0 Å². The number of H-pyrrole nitrogens is 1. The van der Waals surface area contributed by atoms with Gasteiger partial charge in [-0.1, -0.05) is 34.6 Å². The maximum absolute atomic E-state index is 4.02. The minimum atomic E-state index is 0.0938. The highest BCUT2D eigenvalue weighted by atomic mass is 15.2. The third-order valence-electron chi connectivity index (χ3n) is 1.13. The smallest absolute Gasteiger partial charge is 0.137 e. The minimum absolute atomic E-state index is 0.0938. The molecule has 0 saturated carbocycles. The molecule has 0 atom stereocenters. The van der Waals surface area contributed by atoms with E-state index in [0.29, 0.717) is 0 Å². The standard InChI is InChI=1S/C6H11N3.C2H6/c1-6(2,3)5-7-4-8-9-5;1-2/h4H,1-3H3,(H,7,8,9);1-2H3. The third-order valence-corrected chi connectivity index (χ3v) is 1.13. The lowest BCUT2D eigenvalue weighted by Gasteiger charge is -2.12. The van der Waals surface area contributed by atoms with E-state index >= 15 is 0 Å². The molecular weight excluding hydrogens is 138 g/mol. The molecule has 1 aromatic heterocycles. The fourth-order valence-corrected chi connectivity index (χ4v) is 0.567. The molecule has 3 heteroatoms. The Morgan fingerprint density at radius 2 is 1.82 bits per heavy atom. The van der Waals surface area contributed by atoms with Crippen LogP contribution in [0.4, 0.5) is 0 Å². The van der Waals surface area contributed by atoms with Crippen molar-refractivity contribution in [2.45, 2.75) is 40.0 Å². The number of hydrogen-bond donors (Lipinski definition) is 1. The lowest BCUT2D eigenvalue weighted by molar-refractivity contribution is 0.548. The molecule has 1 rings (SSSR count). The van der Waals surface area contributed by atoms with E-state index in [0.717, 1.165) is 5.82 Å². The first-order valence-corrected chi connectivity index (χ1v) is 3.96. The Bertz CT molecular complexity index is 172. The van der Waals surface area contributed by atoms with Crippen LogP contribution in [-0.2, 0) is 5.41 Å². The normalized spacial score (nSPS) is 10.3. The van der Waals surface area contributed by atoms with E-state index in [1.165, 1.54) is 6.33 Å². The van der Waals surface area contributed by atoms with Crippen LogP contribution >= 0.6 is 0 Å². The molecule has 11 heavy (non-hydrogen) atoms. The molecule has 0 unspecified atom stereocenters. The van der Waals surface area contributed by atoms with Crippen LogP contribution in [-0.4, -0.2) is 15.2 Å². The van der Waals surface area contributed by atoms with Crippen molar-refractivity contribution < 1.29 is 0 Å². The summed E-state index contributed by atoms with van der Waals surface area (Å²) < 4.78 is 0. The highest BCUT2D eigenvalue weighted by molar-refractivity contribution is 4.97. The summed E-state index contributed by atoms with van der Waals surface area (Å²) in [5.74, 6) is 0.933. The van der Waals surface area contributed by atoms with Gasteiger partial charge in [0.05, 0.1) is 0 Å². The zero-order chi connectivity index (χ0) is 8.91. The number of nitrogens with one attached hydrogen (secondary N) is 1. The van der Waals surface area contributed by atoms with Gasteiger partial charge in [0.25, 0.3) is 0 Å². The van der Waals surface area contributed by atoms with Crippen LogP contribution in [0, 0.1) is 0 Å². The summed E-state index contributed by atoms with van der Waals surface area (Å²) in [7, 11) is 0. The molecule has 0 radical (unpaired) electrons. The maximum Gasteiger partial charge on any atom is 0.137 e. The summed E-state index contributed by atoms with van der Waals surface area (Å²) in [4.78, 5) is 4.02. The molecule has 0 aliphatic heterocycles. The minimum Gasteiger partial charge on any atom is -0.263 e. The van der Waals surface area contributed by atoms with Gasteiger partial charge in [-0.25, -0.2) is 4.98 Å².